The van der Waals surface area contributed by atoms with Gasteiger partial charge in [0.15, 0.2) is 0 Å². The highest BCUT2D eigenvalue weighted by Gasteiger charge is 2.20. The Morgan fingerprint density at radius 3 is 3.11 bits per heavy atom. The first-order valence-corrected chi connectivity index (χ1v) is 6.60. The predicted octanol–water partition coefficient (Wildman–Crippen LogP) is 1.10. The van der Waals surface area contributed by atoms with Gasteiger partial charge in [-0.25, -0.2) is 10.8 Å². The minimum atomic E-state index is 0.243. The van der Waals surface area contributed by atoms with E-state index < -0.39 is 0 Å². The third-order valence-electron chi connectivity index (χ3n) is 3.57. The summed E-state index contributed by atoms with van der Waals surface area (Å²) in [6, 6.07) is 4.24. The molecule has 0 bridgehead atoms. The molecule has 1 aromatic rings. The number of hydrogen-bond acceptors (Lipinski definition) is 5. The maximum atomic E-state index is 9.48. The van der Waals surface area contributed by atoms with Crippen LogP contribution in [0.3, 0.4) is 0 Å². The van der Waals surface area contributed by atoms with Crippen LogP contribution in [0.15, 0.2) is 18.3 Å². The molecule has 100 valence electrons. The molecule has 1 atom stereocenters. The molecule has 2 heterocycles. The molecule has 5 heteroatoms. The standard InChI is InChI=1S/C13H22N4O/c14-16-13-8-11(5-6-15-13)9-17-7-3-1-2-4-12(17)10-18/h5-6,8,12,18H,1-4,7,9-10,14H2,(H,15,16). The molecule has 1 unspecified atom stereocenters. The Morgan fingerprint density at radius 1 is 1.44 bits per heavy atom. The second kappa shape index (κ2) is 6.68. The summed E-state index contributed by atoms with van der Waals surface area (Å²) < 4.78 is 0. The lowest BCUT2D eigenvalue weighted by molar-refractivity contribution is 0.118. The van der Waals surface area contributed by atoms with Crippen molar-refractivity contribution < 1.29 is 5.11 Å². The van der Waals surface area contributed by atoms with Gasteiger partial charge in [-0.1, -0.05) is 12.8 Å². The molecule has 1 aromatic heterocycles. The van der Waals surface area contributed by atoms with E-state index >= 15 is 0 Å². The Hall–Kier alpha value is -1.17. The van der Waals surface area contributed by atoms with E-state index in [4.69, 9.17) is 5.84 Å². The van der Waals surface area contributed by atoms with E-state index in [1.54, 1.807) is 6.20 Å². The summed E-state index contributed by atoms with van der Waals surface area (Å²) in [5.41, 5.74) is 3.74. The van der Waals surface area contributed by atoms with Crippen molar-refractivity contribution >= 4 is 5.82 Å². The highest BCUT2D eigenvalue weighted by atomic mass is 16.3. The number of nitrogens with two attached hydrogens (primary N) is 1. The summed E-state index contributed by atoms with van der Waals surface area (Å²) in [7, 11) is 0. The number of aliphatic hydroxyl groups excluding tert-OH is 1. The Bertz CT molecular complexity index is 372. The molecule has 4 N–H and O–H groups in total. The van der Waals surface area contributed by atoms with Crippen LogP contribution in [-0.2, 0) is 6.54 Å². The Kier molecular flexibility index (Phi) is 4.92. The molecule has 1 aliphatic heterocycles. The van der Waals surface area contributed by atoms with Crippen LogP contribution in [0.2, 0.25) is 0 Å². The van der Waals surface area contributed by atoms with Crippen molar-refractivity contribution in [2.75, 3.05) is 18.6 Å². The van der Waals surface area contributed by atoms with E-state index in [9.17, 15) is 5.11 Å². The zero-order chi connectivity index (χ0) is 12.8. The second-order valence-electron chi connectivity index (χ2n) is 4.85. The van der Waals surface area contributed by atoms with Crippen LogP contribution in [-0.4, -0.2) is 34.2 Å². The van der Waals surface area contributed by atoms with Crippen LogP contribution in [0.5, 0.6) is 0 Å². The zero-order valence-electron chi connectivity index (χ0n) is 10.7. The van der Waals surface area contributed by atoms with E-state index in [0.717, 1.165) is 19.5 Å². The number of hydrazine groups is 1. The van der Waals surface area contributed by atoms with Crippen LogP contribution in [0.25, 0.3) is 0 Å². The molecule has 1 aliphatic rings. The van der Waals surface area contributed by atoms with Crippen molar-refractivity contribution in [1.29, 1.82) is 0 Å². The average Bonchev–Trinajstić information content (AvgIpc) is 2.64. The number of aliphatic hydroxyl groups is 1. The van der Waals surface area contributed by atoms with Crippen LogP contribution in [0.4, 0.5) is 5.82 Å². The predicted molar refractivity (Wildman–Crippen MR) is 71.8 cm³/mol. The number of nitrogens with zero attached hydrogens (tertiary/aromatic N) is 2. The maximum absolute atomic E-state index is 9.48. The van der Waals surface area contributed by atoms with Gasteiger partial charge < -0.3 is 10.5 Å². The Balaban J connectivity index is 2.05. The van der Waals surface area contributed by atoms with Gasteiger partial charge in [-0.05, 0) is 37.1 Å². The molecule has 0 saturated carbocycles. The van der Waals surface area contributed by atoms with E-state index in [0.29, 0.717) is 5.82 Å². The van der Waals surface area contributed by atoms with Crippen molar-refractivity contribution in [3.63, 3.8) is 0 Å². The van der Waals surface area contributed by atoms with E-state index in [-0.39, 0.29) is 12.6 Å². The third kappa shape index (κ3) is 3.41. The fourth-order valence-corrected chi connectivity index (χ4v) is 2.54. The number of nitrogens with one attached hydrogen (secondary N) is 1. The molecular formula is C13H22N4O. The molecule has 1 saturated heterocycles. The van der Waals surface area contributed by atoms with Crippen molar-refractivity contribution in [3.8, 4) is 0 Å². The van der Waals surface area contributed by atoms with Gasteiger partial charge in [0.05, 0.1) is 6.61 Å². The number of anilines is 1. The zero-order valence-corrected chi connectivity index (χ0v) is 10.7. The summed E-state index contributed by atoms with van der Waals surface area (Å²) in [4.78, 5) is 6.47. The molecule has 5 nitrogen and oxygen atoms in total. The summed E-state index contributed by atoms with van der Waals surface area (Å²) >= 11 is 0. The van der Waals surface area contributed by atoms with Gasteiger partial charge in [0.1, 0.15) is 5.82 Å². The highest BCUT2D eigenvalue weighted by Crippen LogP contribution is 2.19. The molecule has 2 rings (SSSR count). The first-order valence-electron chi connectivity index (χ1n) is 6.60. The van der Waals surface area contributed by atoms with Crippen LogP contribution in [0.1, 0.15) is 31.2 Å². The molecule has 18 heavy (non-hydrogen) atoms. The monoisotopic (exact) mass is 250 g/mol. The smallest absolute Gasteiger partial charge is 0.140 e. The lowest BCUT2D eigenvalue weighted by Crippen LogP contribution is -2.36. The third-order valence-corrected chi connectivity index (χ3v) is 3.57. The SMILES string of the molecule is NNc1cc(CN2CCCCCC2CO)ccn1. The molecule has 0 radical (unpaired) electrons. The number of hydrogen-bond donors (Lipinski definition) is 3. The molecule has 0 amide bonds. The number of likely N-dealkylation sites (tertiary alicyclic amines) is 1. The molecular weight excluding hydrogens is 228 g/mol. The molecule has 0 aromatic carbocycles. The van der Waals surface area contributed by atoms with E-state index in [2.05, 4.69) is 15.3 Å². The normalized spacial score (nSPS) is 21.6. The van der Waals surface area contributed by atoms with Gasteiger partial charge in [0.25, 0.3) is 0 Å². The molecule has 0 spiro atoms. The van der Waals surface area contributed by atoms with E-state index in [1.807, 2.05) is 12.1 Å². The number of pyridine rings is 1. The number of rotatable bonds is 4. The minimum Gasteiger partial charge on any atom is -0.395 e. The summed E-state index contributed by atoms with van der Waals surface area (Å²) in [6.07, 6.45) is 6.54. The van der Waals surface area contributed by atoms with Crippen molar-refractivity contribution in [1.82, 2.24) is 9.88 Å². The topological polar surface area (TPSA) is 74.4 Å². The summed E-state index contributed by atoms with van der Waals surface area (Å²) in [6.45, 7) is 2.15. The van der Waals surface area contributed by atoms with Crippen LogP contribution < -0.4 is 11.3 Å². The van der Waals surface area contributed by atoms with Gasteiger partial charge in [0.2, 0.25) is 0 Å². The lowest BCUT2D eigenvalue weighted by Gasteiger charge is -2.28. The summed E-state index contributed by atoms with van der Waals surface area (Å²) in [5.74, 6) is 6.05. The quantitative estimate of drug-likeness (QED) is 0.551. The number of aromatic nitrogens is 1. The minimum absolute atomic E-state index is 0.243. The van der Waals surface area contributed by atoms with Gasteiger partial charge in [0, 0.05) is 18.8 Å². The van der Waals surface area contributed by atoms with Crippen LogP contribution >= 0.6 is 0 Å². The molecule has 0 aliphatic carbocycles. The molecule has 1 fully saturated rings. The van der Waals surface area contributed by atoms with E-state index in [1.165, 1.54) is 24.8 Å². The summed E-state index contributed by atoms with van der Waals surface area (Å²) in [5, 5.41) is 9.48. The first-order chi connectivity index (χ1) is 8.83. The fraction of sp³-hybridized carbons (Fsp3) is 0.615. The second-order valence-corrected chi connectivity index (χ2v) is 4.85. The maximum Gasteiger partial charge on any atom is 0.140 e. The van der Waals surface area contributed by atoms with Crippen molar-refractivity contribution in [2.24, 2.45) is 5.84 Å². The van der Waals surface area contributed by atoms with Crippen LogP contribution in [0, 0.1) is 0 Å². The van der Waals surface area contributed by atoms with Gasteiger partial charge in [-0.15, -0.1) is 0 Å². The highest BCUT2D eigenvalue weighted by molar-refractivity contribution is 5.35. The Labute approximate surface area is 108 Å². The van der Waals surface area contributed by atoms with Gasteiger partial charge in [-0.2, -0.15) is 0 Å². The number of nitrogen functional groups attached to an aromatic ring is 1. The Morgan fingerprint density at radius 2 is 2.33 bits per heavy atom. The van der Waals surface area contributed by atoms with Gasteiger partial charge in [-0.3, -0.25) is 4.90 Å². The lowest BCUT2D eigenvalue weighted by atomic mass is 10.1. The van der Waals surface area contributed by atoms with Gasteiger partial charge >= 0.3 is 0 Å². The average molecular weight is 250 g/mol. The first kappa shape index (κ1) is 13.3. The largest absolute Gasteiger partial charge is 0.395 e. The van der Waals surface area contributed by atoms with Crippen molar-refractivity contribution in [3.05, 3.63) is 23.9 Å². The van der Waals surface area contributed by atoms with Crippen molar-refractivity contribution in [2.45, 2.75) is 38.3 Å². The fourth-order valence-electron chi connectivity index (χ4n) is 2.54.